The Morgan fingerprint density at radius 3 is 2.48 bits per heavy atom. The highest BCUT2D eigenvalue weighted by atomic mass is 79.9. The van der Waals surface area contributed by atoms with Gasteiger partial charge in [0.25, 0.3) is 0 Å². The lowest BCUT2D eigenvalue weighted by Gasteiger charge is -2.21. The molecule has 2 aromatic rings. The van der Waals surface area contributed by atoms with Gasteiger partial charge in [-0.15, -0.1) is 0 Å². The highest BCUT2D eigenvalue weighted by molar-refractivity contribution is 9.10. The van der Waals surface area contributed by atoms with Crippen molar-refractivity contribution in [2.75, 3.05) is 6.54 Å². The van der Waals surface area contributed by atoms with Crippen LogP contribution in [0.5, 0.6) is 0 Å². The summed E-state index contributed by atoms with van der Waals surface area (Å²) >= 11 is 3.46. The van der Waals surface area contributed by atoms with E-state index in [1.807, 2.05) is 30.3 Å². The van der Waals surface area contributed by atoms with Gasteiger partial charge in [0.05, 0.1) is 6.04 Å². The third-order valence-electron chi connectivity index (χ3n) is 4.24. The van der Waals surface area contributed by atoms with Gasteiger partial charge in [-0.1, -0.05) is 58.4 Å². The van der Waals surface area contributed by atoms with Crippen molar-refractivity contribution >= 4 is 21.8 Å². The molecule has 0 bridgehead atoms. The van der Waals surface area contributed by atoms with Crippen molar-refractivity contribution in [3.63, 3.8) is 0 Å². The Balaban J connectivity index is 1.77. The Kier molecular flexibility index (Phi) is 5.47. The van der Waals surface area contributed by atoms with Gasteiger partial charge < -0.3 is 10.6 Å². The second-order valence-electron chi connectivity index (χ2n) is 5.96. The van der Waals surface area contributed by atoms with Crippen molar-refractivity contribution in [2.24, 2.45) is 0 Å². The van der Waals surface area contributed by atoms with Crippen molar-refractivity contribution in [1.29, 1.82) is 0 Å². The molecule has 2 N–H and O–H groups in total. The monoisotopic (exact) mass is 372 g/mol. The molecule has 0 saturated carbocycles. The van der Waals surface area contributed by atoms with Crippen molar-refractivity contribution in [2.45, 2.75) is 31.3 Å². The maximum atomic E-state index is 12.5. The Hall–Kier alpha value is -1.65. The van der Waals surface area contributed by atoms with E-state index in [0.29, 0.717) is 12.5 Å². The number of rotatable bonds is 5. The lowest BCUT2D eigenvalue weighted by atomic mass is 9.98. The van der Waals surface area contributed by atoms with E-state index in [2.05, 4.69) is 50.8 Å². The first-order valence-corrected chi connectivity index (χ1v) is 8.85. The van der Waals surface area contributed by atoms with Gasteiger partial charge in [-0.05, 0) is 42.6 Å². The number of hydrogen-bond donors (Lipinski definition) is 2. The lowest BCUT2D eigenvalue weighted by molar-refractivity contribution is -0.122. The van der Waals surface area contributed by atoms with Crippen LogP contribution in [0.4, 0.5) is 0 Å². The minimum atomic E-state index is -0.113. The van der Waals surface area contributed by atoms with Crippen molar-refractivity contribution in [3.05, 3.63) is 70.2 Å². The summed E-state index contributed by atoms with van der Waals surface area (Å²) in [6.45, 7) is 1.02. The second kappa shape index (κ2) is 7.75. The number of halogens is 1. The highest BCUT2D eigenvalue weighted by Crippen LogP contribution is 2.24. The fourth-order valence-electron chi connectivity index (χ4n) is 3.03. The summed E-state index contributed by atoms with van der Waals surface area (Å²) in [5.41, 5.74) is 2.19. The molecule has 1 saturated heterocycles. The van der Waals surface area contributed by atoms with Crippen LogP contribution in [0.1, 0.15) is 36.4 Å². The molecule has 1 aliphatic heterocycles. The molecule has 23 heavy (non-hydrogen) atoms. The third-order valence-corrected chi connectivity index (χ3v) is 4.76. The van der Waals surface area contributed by atoms with E-state index in [0.717, 1.165) is 35.0 Å². The zero-order valence-corrected chi connectivity index (χ0v) is 14.6. The number of carbonyl (C=O) groups is 1. The van der Waals surface area contributed by atoms with Gasteiger partial charge in [0.1, 0.15) is 0 Å². The molecule has 1 amide bonds. The Bertz CT molecular complexity index is 636. The molecule has 2 aromatic carbocycles. The molecular formula is C19H21BrN2O. The average molecular weight is 373 g/mol. The van der Waals surface area contributed by atoms with E-state index in [-0.39, 0.29) is 11.9 Å². The molecule has 1 heterocycles. The Morgan fingerprint density at radius 2 is 1.83 bits per heavy atom. The van der Waals surface area contributed by atoms with Gasteiger partial charge >= 0.3 is 0 Å². The summed E-state index contributed by atoms with van der Waals surface area (Å²) in [7, 11) is 0. The number of amides is 1. The van der Waals surface area contributed by atoms with E-state index in [9.17, 15) is 4.79 Å². The van der Waals surface area contributed by atoms with Crippen molar-refractivity contribution < 1.29 is 4.79 Å². The quantitative estimate of drug-likeness (QED) is 0.837. The smallest absolute Gasteiger partial charge is 0.222 e. The van der Waals surface area contributed by atoms with E-state index >= 15 is 0 Å². The van der Waals surface area contributed by atoms with Crippen LogP contribution >= 0.6 is 15.9 Å². The molecule has 3 rings (SSSR count). The zero-order valence-electron chi connectivity index (χ0n) is 13.0. The van der Waals surface area contributed by atoms with Gasteiger partial charge in [0, 0.05) is 16.9 Å². The second-order valence-corrected chi connectivity index (χ2v) is 6.88. The minimum Gasteiger partial charge on any atom is -0.345 e. The first-order chi connectivity index (χ1) is 11.2. The lowest BCUT2D eigenvalue weighted by Crippen LogP contribution is -2.34. The SMILES string of the molecule is O=C(CC1CCCN1)NC(c1ccccc1)c1ccc(Br)cc1. The molecule has 1 aliphatic rings. The number of nitrogens with one attached hydrogen (secondary N) is 2. The summed E-state index contributed by atoms with van der Waals surface area (Å²) in [6, 6.07) is 18.4. The predicted molar refractivity (Wildman–Crippen MR) is 96.2 cm³/mol. The van der Waals surface area contributed by atoms with Gasteiger partial charge in [0.2, 0.25) is 5.91 Å². The number of carbonyl (C=O) groups excluding carboxylic acids is 1. The topological polar surface area (TPSA) is 41.1 Å². The number of hydrogen-bond acceptors (Lipinski definition) is 2. The Labute approximate surface area is 145 Å². The van der Waals surface area contributed by atoms with Crippen LogP contribution in [-0.4, -0.2) is 18.5 Å². The fourth-order valence-corrected chi connectivity index (χ4v) is 3.30. The molecule has 2 atom stereocenters. The summed E-state index contributed by atoms with van der Waals surface area (Å²) in [6.07, 6.45) is 2.79. The molecule has 0 aliphatic carbocycles. The van der Waals surface area contributed by atoms with Gasteiger partial charge in [-0.2, -0.15) is 0 Å². The van der Waals surface area contributed by atoms with E-state index < -0.39 is 0 Å². The van der Waals surface area contributed by atoms with Gasteiger partial charge in [-0.3, -0.25) is 4.79 Å². The first kappa shape index (κ1) is 16.2. The summed E-state index contributed by atoms with van der Waals surface area (Å²) in [4.78, 5) is 12.5. The molecule has 4 heteroatoms. The largest absolute Gasteiger partial charge is 0.345 e. The molecule has 3 nitrogen and oxygen atoms in total. The van der Waals surface area contributed by atoms with Gasteiger partial charge in [-0.25, -0.2) is 0 Å². The van der Waals surface area contributed by atoms with Crippen LogP contribution in [0, 0.1) is 0 Å². The molecule has 120 valence electrons. The highest BCUT2D eigenvalue weighted by Gasteiger charge is 2.21. The Morgan fingerprint density at radius 1 is 1.13 bits per heavy atom. The summed E-state index contributed by atoms with van der Waals surface area (Å²) < 4.78 is 1.04. The van der Waals surface area contributed by atoms with Crippen LogP contribution in [0.3, 0.4) is 0 Å². The zero-order chi connectivity index (χ0) is 16.1. The number of benzene rings is 2. The van der Waals surface area contributed by atoms with Crippen LogP contribution in [0.2, 0.25) is 0 Å². The average Bonchev–Trinajstić information content (AvgIpc) is 3.07. The normalized spacial score (nSPS) is 18.6. The fraction of sp³-hybridized carbons (Fsp3) is 0.316. The van der Waals surface area contributed by atoms with Crippen LogP contribution in [-0.2, 0) is 4.79 Å². The molecule has 0 aromatic heterocycles. The standard InChI is InChI=1S/C19H21BrN2O/c20-16-10-8-15(9-11-16)19(14-5-2-1-3-6-14)22-18(23)13-17-7-4-12-21-17/h1-3,5-6,8-11,17,19,21H,4,7,12-13H2,(H,22,23). The summed E-state index contributed by atoms with van der Waals surface area (Å²) in [5.74, 6) is 0.0983. The molecule has 1 fully saturated rings. The predicted octanol–water partition coefficient (Wildman–Crippen LogP) is 3.80. The van der Waals surface area contributed by atoms with Gasteiger partial charge in [0.15, 0.2) is 0 Å². The van der Waals surface area contributed by atoms with E-state index in [4.69, 9.17) is 0 Å². The maximum Gasteiger partial charge on any atom is 0.222 e. The van der Waals surface area contributed by atoms with Crippen LogP contribution < -0.4 is 10.6 Å². The van der Waals surface area contributed by atoms with E-state index in [1.165, 1.54) is 0 Å². The van der Waals surface area contributed by atoms with Crippen LogP contribution in [0.15, 0.2) is 59.1 Å². The molecule has 2 unspecified atom stereocenters. The first-order valence-electron chi connectivity index (χ1n) is 8.05. The van der Waals surface area contributed by atoms with Crippen molar-refractivity contribution in [3.8, 4) is 0 Å². The summed E-state index contributed by atoms with van der Waals surface area (Å²) in [5, 5.41) is 6.58. The van der Waals surface area contributed by atoms with E-state index in [1.54, 1.807) is 0 Å². The molecule has 0 spiro atoms. The van der Waals surface area contributed by atoms with Crippen LogP contribution in [0.25, 0.3) is 0 Å². The minimum absolute atomic E-state index is 0.0983. The maximum absolute atomic E-state index is 12.5. The van der Waals surface area contributed by atoms with Crippen molar-refractivity contribution in [1.82, 2.24) is 10.6 Å². The molecular weight excluding hydrogens is 352 g/mol. The molecule has 0 radical (unpaired) electrons. The third kappa shape index (κ3) is 4.43.